The Morgan fingerprint density at radius 3 is 3.00 bits per heavy atom. The first-order valence-corrected chi connectivity index (χ1v) is 4.81. The Balaban J connectivity index is 2.14. The average molecular weight is 236 g/mol. The maximum atomic E-state index is 13.4. The van der Waals surface area contributed by atoms with Gasteiger partial charge in [0.15, 0.2) is 6.39 Å². The minimum atomic E-state index is -1.10. The van der Waals surface area contributed by atoms with E-state index in [9.17, 15) is 9.18 Å². The number of hydrogen-bond donors (Lipinski definition) is 2. The quantitative estimate of drug-likeness (QED) is 0.850. The Morgan fingerprint density at radius 1 is 1.53 bits per heavy atom. The van der Waals surface area contributed by atoms with Crippen molar-refractivity contribution in [1.29, 1.82) is 0 Å². The fourth-order valence-electron chi connectivity index (χ4n) is 1.31. The number of benzene rings is 1. The molecule has 0 aliphatic heterocycles. The van der Waals surface area contributed by atoms with Gasteiger partial charge in [0.1, 0.15) is 11.6 Å². The largest absolute Gasteiger partial charge is 0.478 e. The van der Waals surface area contributed by atoms with Crippen molar-refractivity contribution in [3.63, 3.8) is 0 Å². The van der Waals surface area contributed by atoms with Crippen LogP contribution >= 0.6 is 0 Å². The number of aromatic carboxylic acids is 1. The number of carboxylic acid groups (broad SMARTS) is 1. The lowest BCUT2D eigenvalue weighted by Crippen LogP contribution is -2.03. The molecular formula is C11H9FN2O3. The summed E-state index contributed by atoms with van der Waals surface area (Å²) in [6.45, 7) is 0.236. The summed E-state index contributed by atoms with van der Waals surface area (Å²) < 4.78 is 18.3. The van der Waals surface area contributed by atoms with Gasteiger partial charge in [-0.05, 0) is 18.2 Å². The van der Waals surface area contributed by atoms with Gasteiger partial charge in [-0.25, -0.2) is 14.2 Å². The Morgan fingerprint density at radius 2 is 2.35 bits per heavy atom. The lowest BCUT2D eigenvalue weighted by molar-refractivity contribution is 0.0697. The maximum Gasteiger partial charge on any atom is 0.335 e. The third-order valence-corrected chi connectivity index (χ3v) is 2.15. The normalized spacial score (nSPS) is 10.2. The van der Waals surface area contributed by atoms with Gasteiger partial charge < -0.3 is 14.8 Å². The number of anilines is 1. The van der Waals surface area contributed by atoms with Crippen molar-refractivity contribution in [3.8, 4) is 0 Å². The van der Waals surface area contributed by atoms with Gasteiger partial charge in [-0.1, -0.05) is 0 Å². The Labute approximate surface area is 95.9 Å². The fourth-order valence-corrected chi connectivity index (χ4v) is 1.31. The van der Waals surface area contributed by atoms with Crippen LogP contribution in [0, 0.1) is 5.82 Å². The van der Waals surface area contributed by atoms with Gasteiger partial charge in [-0.3, -0.25) is 0 Å². The first kappa shape index (κ1) is 11.1. The number of aromatic nitrogens is 1. The molecule has 2 aromatic rings. The van der Waals surface area contributed by atoms with Crippen LogP contribution in [0.5, 0.6) is 0 Å². The van der Waals surface area contributed by atoms with E-state index in [2.05, 4.69) is 10.3 Å². The van der Waals surface area contributed by atoms with Crippen LogP contribution in [0.2, 0.25) is 0 Å². The van der Waals surface area contributed by atoms with Crippen LogP contribution in [0.1, 0.15) is 16.1 Å². The first-order valence-electron chi connectivity index (χ1n) is 4.81. The molecule has 0 saturated heterocycles. The molecule has 17 heavy (non-hydrogen) atoms. The number of oxazole rings is 1. The molecule has 0 spiro atoms. The van der Waals surface area contributed by atoms with Crippen LogP contribution in [0.4, 0.5) is 10.1 Å². The highest BCUT2D eigenvalue weighted by molar-refractivity contribution is 5.88. The standard InChI is InChI=1S/C11H9FN2O3/c12-9-2-1-7(11(15)16)3-10(9)14-5-8-4-13-6-17-8/h1-4,6,14H,5H2,(H,15,16). The van der Waals surface area contributed by atoms with E-state index in [0.29, 0.717) is 5.76 Å². The van der Waals surface area contributed by atoms with Crippen molar-refractivity contribution in [2.24, 2.45) is 0 Å². The predicted octanol–water partition coefficient (Wildman–Crippen LogP) is 2.12. The summed E-state index contributed by atoms with van der Waals surface area (Å²) >= 11 is 0. The molecule has 6 heteroatoms. The number of rotatable bonds is 4. The van der Waals surface area contributed by atoms with E-state index in [1.54, 1.807) is 0 Å². The van der Waals surface area contributed by atoms with Gasteiger partial charge in [0.2, 0.25) is 0 Å². The Hall–Kier alpha value is -2.37. The number of nitrogens with one attached hydrogen (secondary N) is 1. The van der Waals surface area contributed by atoms with E-state index in [1.165, 1.54) is 24.7 Å². The molecule has 88 valence electrons. The van der Waals surface area contributed by atoms with Crippen molar-refractivity contribution in [3.05, 3.63) is 47.9 Å². The van der Waals surface area contributed by atoms with E-state index in [0.717, 1.165) is 6.07 Å². The molecule has 0 bridgehead atoms. The van der Waals surface area contributed by atoms with Crippen LogP contribution < -0.4 is 5.32 Å². The molecule has 0 aliphatic carbocycles. The van der Waals surface area contributed by atoms with Gasteiger partial charge >= 0.3 is 5.97 Å². The summed E-state index contributed by atoms with van der Waals surface area (Å²) in [5.74, 6) is -1.09. The third kappa shape index (κ3) is 2.60. The number of nitrogens with zero attached hydrogens (tertiary/aromatic N) is 1. The van der Waals surface area contributed by atoms with Crippen LogP contribution in [-0.2, 0) is 6.54 Å². The van der Waals surface area contributed by atoms with Crippen molar-refractivity contribution in [2.75, 3.05) is 5.32 Å². The molecule has 1 aromatic carbocycles. The van der Waals surface area contributed by atoms with Crippen molar-refractivity contribution in [2.45, 2.75) is 6.54 Å². The van der Waals surface area contributed by atoms with Crippen molar-refractivity contribution in [1.82, 2.24) is 4.98 Å². The minimum Gasteiger partial charge on any atom is -0.478 e. The maximum absolute atomic E-state index is 13.4. The summed E-state index contributed by atoms with van der Waals surface area (Å²) in [5.41, 5.74) is 0.132. The lowest BCUT2D eigenvalue weighted by atomic mass is 10.2. The van der Waals surface area contributed by atoms with E-state index < -0.39 is 11.8 Å². The highest BCUT2D eigenvalue weighted by atomic mass is 19.1. The van der Waals surface area contributed by atoms with Gasteiger partial charge in [0.25, 0.3) is 0 Å². The van der Waals surface area contributed by atoms with Gasteiger partial charge in [0, 0.05) is 0 Å². The smallest absolute Gasteiger partial charge is 0.335 e. The highest BCUT2D eigenvalue weighted by Crippen LogP contribution is 2.17. The number of halogens is 1. The number of carbonyl (C=O) groups is 1. The molecule has 2 N–H and O–H groups in total. The molecule has 0 aliphatic rings. The van der Waals surface area contributed by atoms with Crippen LogP contribution in [0.15, 0.2) is 35.2 Å². The summed E-state index contributed by atoms with van der Waals surface area (Å²) in [4.78, 5) is 14.4. The molecular weight excluding hydrogens is 227 g/mol. The monoisotopic (exact) mass is 236 g/mol. The number of hydrogen-bond acceptors (Lipinski definition) is 4. The molecule has 2 rings (SSSR count). The number of carboxylic acids is 1. The van der Waals surface area contributed by atoms with Crippen LogP contribution in [-0.4, -0.2) is 16.1 Å². The SMILES string of the molecule is O=C(O)c1ccc(F)c(NCc2cnco2)c1. The Kier molecular flexibility index (Phi) is 3.04. The van der Waals surface area contributed by atoms with Gasteiger partial charge in [-0.15, -0.1) is 0 Å². The minimum absolute atomic E-state index is 0.0199. The zero-order chi connectivity index (χ0) is 12.3. The average Bonchev–Trinajstić information content (AvgIpc) is 2.80. The first-order chi connectivity index (χ1) is 8.16. The van der Waals surface area contributed by atoms with Gasteiger partial charge in [0.05, 0.1) is 24.0 Å². The van der Waals surface area contributed by atoms with E-state index in [1.807, 2.05) is 0 Å². The van der Waals surface area contributed by atoms with Crippen molar-refractivity contribution >= 4 is 11.7 Å². The molecule has 1 heterocycles. The van der Waals surface area contributed by atoms with E-state index >= 15 is 0 Å². The molecule has 5 nitrogen and oxygen atoms in total. The summed E-state index contributed by atoms with van der Waals surface area (Å²) in [6.07, 6.45) is 2.76. The lowest BCUT2D eigenvalue weighted by Gasteiger charge is -2.06. The zero-order valence-electron chi connectivity index (χ0n) is 8.68. The predicted molar refractivity (Wildman–Crippen MR) is 57.2 cm³/mol. The van der Waals surface area contributed by atoms with Crippen LogP contribution in [0.25, 0.3) is 0 Å². The zero-order valence-corrected chi connectivity index (χ0v) is 8.68. The molecule has 1 aromatic heterocycles. The highest BCUT2D eigenvalue weighted by Gasteiger charge is 2.08. The second-order valence-electron chi connectivity index (χ2n) is 3.32. The third-order valence-electron chi connectivity index (χ3n) is 2.15. The molecule has 0 amide bonds. The molecule has 0 radical (unpaired) electrons. The van der Waals surface area contributed by atoms with Crippen LogP contribution in [0.3, 0.4) is 0 Å². The molecule has 0 fully saturated rings. The fraction of sp³-hybridized carbons (Fsp3) is 0.0909. The topological polar surface area (TPSA) is 75.4 Å². The second kappa shape index (κ2) is 4.65. The molecule has 0 unspecified atom stereocenters. The van der Waals surface area contributed by atoms with Crippen molar-refractivity contribution < 1.29 is 18.7 Å². The summed E-state index contributed by atoms with van der Waals surface area (Å²) in [5, 5.41) is 11.5. The Bertz CT molecular complexity index is 526. The molecule has 0 atom stereocenters. The summed E-state index contributed by atoms with van der Waals surface area (Å²) in [7, 11) is 0. The summed E-state index contributed by atoms with van der Waals surface area (Å²) in [6, 6.07) is 3.54. The second-order valence-corrected chi connectivity index (χ2v) is 3.32. The van der Waals surface area contributed by atoms with Gasteiger partial charge in [-0.2, -0.15) is 0 Å². The molecule has 0 saturated carbocycles. The van der Waals surface area contributed by atoms with E-state index in [4.69, 9.17) is 9.52 Å². The van der Waals surface area contributed by atoms with E-state index in [-0.39, 0.29) is 17.8 Å².